The summed E-state index contributed by atoms with van der Waals surface area (Å²) in [7, 11) is 2.30. The lowest BCUT2D eigenvalue weighted by atomic mass is 9.92. The van der Waals surface area contributed by atoms with Gasteiger partial charge >= 0.3 is 0 Å². The van der Waals surface area contributed by atoms with E-state index in [0.29, 0.717) is 5.54 Å². The average Bonchev–Trinajstić information content (AvgIpc) is 2.82. The normalized spacial score (nSPS) is 32.4. The summed E-state index contributed by atoms with van der Waals surface area (Å²) in [5.41, 5.74) is 6.37. The first-order chi connectivity index (χ1) is 7.77. The molecule has 2 rings (SSSR count). The Balaban J connectivity index is 1.91. The van der Waals surface area contributed by atoms with Crippen LogP contribution in [0.1, 0.15) is 38.5 Å². The van der Waals surface area contributed by atoms with Crippen LogP contribution in [0.5, 0.6) is 0 Å². The van der Waals surface area contributed by atoms with Crippen molar-refractivity contribution in [3.05, 3.63) is 0 Å². The fourth-order valence-corrected chi connectivity index (χ4v) is 4.58. The molecule has 16 heavy (non-hydrogen) atoms. The number of hydrogen-bond donors (Lipinski definition) is 1. The van der Waals surface area contributed by atoms with E-state index in [9.17, 15) is 0 Å². The minimum atomic E-state index is 0.311. The fraction of sp³-hybridized carbons (Fsp3) is 1.00. The highest BCUT2D eigenvalue weighted by Gasteiger charge is 2.36. The summed E-state index contributed by atoms with van der Waals surface area (Å²) < 4.78 is 0. The molecular formula is C13H26N2S. The van der Waals surface area contributed by atoms with E-state index in [0.717, 1.165) is 12.5 Å². The molecule has 2 nitrogen and oxygen atoms in total. The van der Waals surface area contributed by atoms with Crippen LogP contribution in [0.2, 0.25) is 0 Å². The molecule has 0 radical (unpaired) electrons. The first-order valence-electron chi connectivity index (χ1n) is 6.76. The Labute approximate surface area is 104 Å². The molecule has 1 unspecified atom stereocenters. The van der Waals surface area contributed by atoms with Crippen molar-refractivity contribution < 1.29 is 0 Å². The minimum absolute atomic E-state index is 0.311. The van der Waals surface area contributed by atoms with Gasteiger partial charge in [-0.05, 0) is 44.4 Å². The van der Waals surface area contributed by atoms with Crippen LogP contribution in [0.15, 0.2) is 0 Å². The molecule has 1 aliphatic carbocycles. The van der Waals surface area contributed by atoms with Crippen LogP contribution in [0, 0.1) is 5.92 Å². The third-order valence-electron chi connectivity index (χ3n) is 4.50. The molecular weight excluding hydrogens is 216 g/mol. The third-order valence-corrected chi connectivity index (χ3v) is 5.82. The van der Waals surface area contributed by atoms with Crippen molar-refractivity contribution in [3.8, 4) is 0 Å². The first-order valence-corrected chi connectivity index (χ1v) is 7.91. The number of likely N-dealkylation sites (N-methyl/N-ethyl adjacent to an activating group) is 1. The molecule has 0 aromatic heterocycles. The molecule has 0 amide bonds. The second kappa shape index (κ2) is 5.74. The van der Waals surface area contributed by atoms with E-state index >= 15 is 0 Å². The van der Waals surface area contributed by atoms with Crippen LogP contribution in [0.4, 0.5) is 0 Å². The van der Waals surface area contributed by atoms with Gasteiger partial charge in [0, 0.05) is 24.4 Å². The molecule has 2 N–H and O–H groups in total. The molecule has 94 valence electrons. The SMILES string of the molecule is CN(CC1CCCC1)C1(CN)CCCSC1. The molecule has 0 spiro atoms. The molecule has 0 aromatic carbocycles. The second-order valence-corrected chi connectivity index (χ2v) is 6.72. The smallest absolute Gasteiger partial charge is 0.0419 e. The summed E-state index contributed by atoms with van der Waals surface area (Å²) in [6.45, 7) is 2.11. The number of nitrogens with zero attached hydrogens (tertiary/aromatic N) is 1. The van der Waals surface area contributed by atoms with Gasteiger partial charge in [0.2, 0.25) is 0 Å². The Morgan fingerprint density at radius 1 is 1.31 bits per heavy atom. The summed E-state index contributed by atoms with van der Waals surface area (Å²) in [6.07, 6.45) is 8.43. The molecule has 3 heteroatoms. The maximum Gasteiger partial charge on any atom is 0.0419 e. The topological polar surface area (TPSA) is 29.3 Å². The zero-order valence-corrected chi connectivity index (χ0v) is 11.4. The van der Waals surface area contributed by atoms with Gasteiger partial charge in [-0.15, -0.1) is 0 Å². The second-order valence-electron chi connectivity index (χ2n) is 5.62. The van der Waals surface area contributed by atoms with Gasteiger partial charge in [0.1, 0.15) is 0 Å². The number of nitrogens with two attached hydrogens (primary N) is 1. The van der Waals surface area contributed by atoms with E-state index < -0.39 is 0 Å². The maximum atomic E-state index is 6.06. The summed E-state index contributed by atoms with van der Waals surface area (Å²) in [5.74, 6) is 3.52. The van der Waals surface area contributed by atoms with Gasteiger partial charge in [0.05, 0.1) is 0 Å². The maximum absolute atomic E-state index is 6.06. The third kappa shape index (κ3) is 2.74. The average molecular weight is 242 g/mol. The van der Waals surface area contributed by atoms with Crippen molar-refractivity contribution in [1.82, 2.24) is 4.90 Å². The number of rotatable bonds is 4. The highest BCUT2D eigenvalue weighted by atomic mass is 32.2. The van der Waals surface area contributed by atoms with Crippen LogP contribution in [0.3, 0.4) is 0 Å². The summed E-state index contributed by atoms with van der Waals surface area (Å²) in [5, 5.41) is 0. The summed E-state index contributed by atoms with van der Waals surface area (Å²) in [6, 6.07) is 0. The molecule has 0 bridgehead atoms. The molecule has 2 aliphatic rings. The molecule has 1 aliphatic heterocycles. The van der Waals surface area contributed by atoms with E-state index in [1.165, 1.54) is 56.6 Å². The highest BCUT2D eigenvalue weighted by Crippen LogP contribution is 2.33. The van der Waals surface area contributed by atoms with Gasteiger partial charge in [-0.2, -0.15) is 11.8 Å². The lowest BCUT2D eigenvalue weighted by Gasteiger charge is -2.44. The number of hydrogen-bond acceptors (Lipinski definition) is 3. The fourth-order valence-electron chi connectivity index (χ4n) is 3.23. The molecule has 1 saturated carbocycles. The standard InChI is InChI=1S/C13H26N2S/c1-15(9-12-5-2-3-6-12)13(10-14)7-4-8-16-11-13/h12H,2-11,14H2,1H3. The predicted octanol–water partition coefficient (Wildman–Crippen LogP) is 2.33. The van der Waals surface area contributed by atoms with Gasteiger partial charge in [-0.1, -0.05) is 12.8 Å². The zero-order valence-electron chi connectivity index (χ0n) is 10.6. The predicted molar refractivity (Wildman–Crippen MR) is 72.9 cm³/mol. The zero-order chi connectivity index (χ0) is 11.4. The summed E-state index contributed by atoms with van der Waals surface area (Å²) in [4.78, 5) is 2.59. The van der Waals surface area contributed by atoms with Crippen LogP contribution in [-0.4, -0.2) is 42.1 Å². The van der Waals surface area contributed by atoms with Gasteiger partial charge < -0.3 is 5.73 Å². The van der Waals surface area contributed by atoms with Crippen LogP contribution < -0.4 is 5.73 Å². The van der Waals surface area contributed by atoms with Gasteiger partial charge in [-0.3, -0.25) is 4.90 Å². The van der Waals surface area contributed by atoms with Crippen molar-refractivity contribution in [2.24, 2.45) is 11.7 Å². The Hall–Kier alpha value is 0.270. The van der Waals surface area contributed by atoms with Crippen molar-refractivity contribution in [2.75, 3.05) is 31.6 Å². The van der Waals surface area contributed by atoms with Crippen molar-refractivity contribution in [3.63, 3.8) is 0 Å². The molecule has 1 saturated heterocycles. The monoisotopic (exact) mass is 242 g/mol. The largest absolute Gasteiger partial charge is 0.329 e. The molecule has 1 heterocycles. The van der Waals surface area contributed by atoms with Crippen molar-refractivity contribution in [2.45, 2.75) is 44.1 Å². The molecule has 1 atom stereocenters. The van der Waals surface area contributed by atoms with Gasteiger partial charge in [0.25, 0.3) is 0 Å². The van der Waals surface area contributed by atoms with E-state index in [1.807, 2.05) is 0 Å². The Morgan fingerprint density at radius 3 is 2.62 bits per heavy atom. The van der Waals surface area contributed by atoms with Gasteiger partial charge in [-0.25, -0.2) is 0 Å². The Kier molecular flexibility index (Phi) is 4.57. The van der Waals surface area contributed by atoms with E-state index in [-0.39, 0.29) is 0 Å². The van der Waals surface area contributed by atoms with E-state index in [1.54, 1.807) is 0 Å². The Bertz CT molecular complexity index is 208. The first kappa shape index (κ1) is 12.7. The molecule has 2 fully saturated rings. The lowest BCUT2D eigenvalue weighted by molar-refractivity contribution is 0.115. The van der Waals surface area contributed by atoms with Crippen LogP contribution in [-0.2, 0) is 0 Å². The van der Waals surface area contributed by atoms with Crippen molar-refractivity contribution in [1.29, 1.82) is 0 Å². The summed E-state index contributed by atoms with van der Waals surface area (Å²) >= 11 is 2.09. The lowest BCUT2D eigenvalue weighted by Crippen LogP contribution is -2.56. The van der Waals surface area contributed by atoms with Crippen LogP contribution >= 0.6 is 11.8 Å². The molecule has 0 aromatic rings. The quantitative estimate of drug-likeness (QED) is 0.820. The van der Waals surface area contributed by atoms with E-state index in [2.05, 4.69) is 23.7 Å². The highest BCUT2D eigenvalue weighted by molar-refractivity contribution is 7.99. The van der Waals surface area contributed by atoms with Crippen molar-refractivity contribution >= 4 is 11.8 Å². The van der Waals surface area contributed by atoms with E-state index in [4.69, 9.17) is 5.73 Å². The Morgan fingerprint density at radius 2 is 2.06 bits per heavy atom. The van der Waals surface area contributed by atoms with Crippen LogP contribution in [0.25, 0.3) is 0 Å². The number of thioether (sulfide) groups is 1. The van der Waals surface area contributed by atoms with Gasteiger partial charge in [0.15, 0.2) is 0 Å². The minimum Gasteiger partial charge on any atom is -0.329 e.